The molecule has 2 aromatic heterocycles. The van der Waals surface area contributed by atoms with E-state index in [9.17, 15) is 0 Å². The number of aromatic nitrogens is 2. The molecule has 1 aromatic carbocycles. The molecule has 0 fully saturated rings. The lowest BCUT2D eigenvalue weighted by atomic mass is 10.1. The second-order valence-corrected chi connectivity index (χ2v) is 4.93. The Hall–Kier alpha value is -2.07. The van der Waals surface area contributed by atoms with Gasteiger partial charge in [-0.15, -0.1) is 0 Å². The van der Waals surface area contributed by atoms with Gasteiger partial charge in [0.05, 0.1) is 17.3 Å². The minimum Gasteiger partial charge on any atom is -0.461 e. The van der Waals surface area contributed by atoms with E-state index in [0.29, 0.717) is 0 Å². The zero-order valence-corrected chi connectivity index (χ0v) is 10.9. The molecule has 1 unspecified atom stereocenters. The molecule has 0 aliphatic heterocycles. The van der Waals surface area contributed by atoms with Gasteiger partial charge in [0.1, 0.15) is 0 Å². The highest BCUT2D eigenvalue weighted by Crippen LogP contribution is 2.22. The van der Waals surface area contributed by atoms with Gasteiger partial charge in [-0.3, -0.25) is 0 Å². The SMILES string of the molecule is CC(N)CCc1ccc2nc(-c3ccco3)[nH]c2c1. The molecule has 98 valence electrons. The van der Waals surface area contributed by atoms with Gasteiger partial charge < -0.3 is 15.1 Å². The van der Waals surface area contributed by atoms with E-state index in [1.807, 2.05) is 25.1 Å². The molecule has 3 aromatic rings. The Bertz CT molecular complexity index is 668. The number of nitrogens with two attached hydrogens (primary N) is 1. The zero-order valence-electron chi connectivity index (χ0n) is 10.9. The normalized spacial score (nSPS) is 12.9. The molecule has 0 aliphatic rings. The van der Waals surface area contributed by atoms with Gasteiger partial charge in [-0.05, 0) is 49.6 Å². The molecule has 0 bridgehead atoms. The van der Waals surface area contributed by atoms with Crippen LogP contribution in [0, 0.1) is 0 Å². The number of benzene rings is 1. The summed E-state index contributed by atoms with van der Waals surface area (Å²) >= 11 is 0. The maximum Gasteiger partial charge on any atom is 0.174 e. The van der Waals surface area contributed by atoms with Gasteiger partial charge in [0, 0.05) is 6.04 Å². The topological polar surface area (TPSA) is 67.8 Å². The van der Waals surface area contributed by atoms with Crippen LogP contribution in [0.4, 0.5) is 0 Å². The van der Waals surface area contributed by atoms with E-state index in [2.05, 4.69) is 22.1 Å². The number of aryl methyl sites for hydroxylation is 1. The number of aromatic amines is 1. The van der Waals surface area contributed by atoms with Crippen molar-refractivity contribution in [3.05, 3.63) is 42.2 Å². The summed E-state index contributed by atoms with van der Waals surface area (Å²) in [6.45, 7) is 2.03. The number of hydrogen-bond acceptors (Lipinski definition) is 3. The summed E-state index contributed by atoms with van der Waals surface area (Å²) in [6, 6.07) is 10.3. The minimum atomic E-state index is 0.233. The zero-order chi connectivity index (χ0) is 13.2. The number of imidazole rings is 1. The Morgan fingerprint density at radius 2 is 2.26 bits per heavy atom. The van der Waals surface area contributed by atoms with Crippen molar-refractivity contribution in [2.24, 2.45) is 5.73 Å². The van der Waals surface area contributed by atoms with Crippen molar-refractivity contribution in [3.63, 3.8) is 0 Å². The molecular formula is C15H17N3O. The summed E-state index contributed by atoms with van der Waals surface area (Å²) in [5.41, 5.74) is 9.06. The molecule has 0 amide bonds. The van der Waals surface area contributed by atoms with Crippen LogP contribution in [-0.4, -0.2) is 16.0 Å². The first-order valence-corrected chi connectivity index (χ1v) is 6.50. The second-order valence-electron chi connectivity index (χ2n) is 4.93. The van der Waals surface area contributed by atoms with Crippen molar-refractivity contribution >= 4 is 11.0 Å². The van der Waals surface area contributed by atoms with Crippen LogP contribution < -0.4 is 5.73 Å². The summed E-state index contributed by atoms with van der Waals surface area (Å²) in [7, 11) is 0. The lowest BCUT2D eigenvalue weighted by Gasteiger charge is -2.04. The second kappa shape index (κ2) is 4.90. The van der Waals surface area contributed by atoms with Gasteiger partial charge in [0.25, 0.3) is 0 Å². The van der Waals surface area contributed by atoms with Crippen molar-refractivity contribution in [1.29, 1.82) is 0 Å². The number of fused-ring (bicyclic) bond motifs is 1. The van der Waals surface area contributed by atoms with Crippen molar-refractivity contribution in [2.75, 3.05) is 0 Å². The average Bonchev–Trinajstić information content (AvgIpc) is 3.04. The maximum atomic E-state index is 5.79. The predicted octanol–water partition coefficient (Wildman–Crippen LogP) is 3.10. The first-order valence-electron chi connectivity index (χ1n) is 6.50. The quantitative estimate of drug-likeness (QED) is 0.752. The van der Waals surface area contributed by atoms with Crippen molar-refractivity contribution in [1.82, 2.24) is 9.97 Å². The minimum absolute atomic E-state index is 0.233. The number of hydrogen-bond donors (Lipinski definition) is 2. The lowest BCUT2D eigenvalue weighted by molar-refractivity contribution is 0.578. The van der Waals surface area contributed by atoms with Crippen molar-refractivity contribution in [2.45, 2.75) is 25.8 Å². The molecular weight excluding hydrogens is 238 g/mol. The van der Waals surface area contributed by atoms with Crippen LogP contribution in [-0.2, 0) is 6.42 Å². The van der Waals surface area contributed by atoms with Crippen LogP contribution >= 0.6 is 0 Å². The first-order chi connectivity index (χ1) is 9.22. The van der Waals surface area contributed by atoms with Gasteiger partial charge >= 0.3 is 0 Å². The van der Waals surface area contributed by atoms with Crippen LogP contribution in [0.25, 0.3) is 22.6 Å². The number of H-pyrrole nitrogens is 1. The van der Waals surface area contributed by atoms with Crippen LogP contribution in [0.3, 0.4) is 0 Å². The van der Waals surface area contributed by atoms with Gasteiger partial charge in [0.15, 0.2) is 11.6 Å². The number of rotatable bonds is 4. The summed E-state index contributed by atoms with van der Waals surface area (Å²) in [5.74, 6) is 1.53. The van der Waals surface area contributed by atoms with E-state index in [-0.39, 0.29) is 6.04 Å². The monoisotopic (exact) mass is 255 g/mol. The molecule has 4 nitrogen and oxygen atoms in total. The number of nitrogens with zero attached hydrogens (tertiary/aromatic N) is 1. The van der Waals surface area contributed by atoms with Gasteiger partial charge in [0.2, 0.25) is 0 Å². The molecule has 4 heteroatoms. The molecule has 2 heterocycles. The van der Waals surface area contributed by atoms with E-state index >= 15 is 0 Å². The molecule has 19 heavy (non-hydrogen) atoms. The smallest absolute Gasteiger partial charge is 0.174 e. The highest BCUT2D eigenvalue weighted by Gasteiger charge is 2.08. The molecule has 3 N–H and O–H groups in total. The predicted molar refractivity (Wildman–Crippen MR) is 75.8 cm³/mol. The standard InChI is InChI=1S/C15H17N3O/c1-10(16)4-5-11-6-7-12-13(9-11)18-15(17-12)14-3-2-8-19-14/h2-3,6-10H,4-5,16H2,1H3,(H,17,18). The summed E-state index contributed by atoms with van der Waals surface area (Å²) in [4.78, 5) is 7.81. The van der Waals surface area contributed by atoms with Gasteiger partial charge in [-0.1, -0.05) is 6.07 Å². The third-order valence-electron chi connectivity index (χ3n) is 3.19. The fourth-order valence-corrected chi connectivity index (χ4v) is 2.14. The number of furan rings is 1. The molecule has 0 aliphatic carbocycles. The summed E-state index contributed by atoms with van der Waals surface area (Å²) in [6.07, 6.45) is 3.63. The lowest BCUT2D eigenvalue weighted by Crippen LogP contribution is -2.15. The fraction of sp³-hybridized carbons (Fsp3) is 0.267. The molecule has 1 atom stereocenters. The van der Waals surface area contributed by atoms with Crippen LogP contribution in [0.5, 0.6) is 0 Å². The number of nitrogens with one attached hydrogen (secondary N) is 1. The molecule has 0 radical (unpaired) electrons. The summed E-state index contributed by atoms with van der Waals surface area (Å²) < 4.78 is 5.35. The Balaban J connectivity index is 1.91. The Morgan fingerprint density at radius 1 is 1.37 bits per heavy atom. The Morgan fingerprint density at radius 3 is 3.00 bits per heavy atom. The largest absolute Gasteiger partial charge is 0.461 e. The Labute approximate surface area is 111 Å². The van der Waals surface area contributed by atoms with Crippen LogP contribution in [0.2, 0.25) is 0 Å². The third kappa shape index (κ3) is 2.53. The van der Waals surface area contributed by atoms with Crippen LogP contribution in [0.1, 0.15) is 18.9 Å². The van der Waals surface area contributed by atoms with E-state index in [1.54, 1.807) is 6.26 Å². The molecule has 3 rings (SSSR count). The van der Waals surface area contributed by atoms with E-state index in [0.717, 1.165) is 35.5 Å². The first kappa shape index (κ1) is 12.0. The van der Waals surface area contributed by atoms with E-state index in [4.69, 9.17) is 10.2 Å². The molecule has 0 spiro atoms. The van der Waals surface area contributed by atoms with Crippen molar-refractivity contribution in [3.8, 4) is 11.6 Å². The highest BCUT2D eigenvalue weighted by atomic mass is 16.3. The molecule has 0 saturated carbocycles. The Kier molecular flexibility index (Phi) is 3.09. The van der Waals surface area contributed by atoms with E-state index < -0.39 is 0 Å². The molecule has 0 saturated heterocycles. The van der Waals surface area contributed by atoms with Gasteiger partial charge in [-0.2, -0.15) is 0 Å². The van der Waals surface area contributed by atoms with Gasteiger partial charge in [-0.25, -0.2) is 4.98 Å². The third-order valence-corrected chi connectivity index (χ3v) is 3.19. The van der Waals surface area contributed by atoms with E-state index in [1.165, 1.54) is 5.56 Å². The van der Waals surface area contributed by atoms with Crippen molar-refractivity contribution < 1.29 is 4.42 Å². The van der Waals surface area contributed by atoms with Crippen LogP contribution in [0.15, 0.2) is 41.0 Å². The summed E-state index contributed by atoms with van der Waals surface area (Å²) in [5, 5.41) is 0. The average molecular weight is 255 g/mol. The fourth-order valence-electron chi connectivity index (χ4n) is 2.14. The maximum absolute atomic E-state index is 5.79. The highest BCUT2D eigenvalue weighted by molar-refractivity contribution is 5.79.